The lowest BCUT2D eigenvalue weighted by atomic mass is 9.85. The summed E-state index contributed by atoms with van der Waals surface area (Å²) in [4.78, 5) is 43.8. The van der Waals surface area contributed by atoms with E-state index in [1.165, 1.54) is 7.11 Å². The number of carbonyl (C=O) groups is 2. The fraction of sp³-hybridized carbons (Fsp3) is 0.360. The van der Waals surface area contributed by atoms with Crippen molar-refractivity contribution in [2.45, 2.75) is 32.1 Å². The molecule has 1 atom stereocenters. The highest BCUT2D eigenvalue weighted by atomic mass is 16.6. The molecule has 9 heteroatoms. The Bertz CT molecular complexity index is 1360. The van der Waals surface area contributed by atoms with E-state index >= 15 is 0 Å². The average molecular weight is 464 g/mol. The molecular formula is C25H24N2O7. The van der Waals surface area contributed by atoms with Gasteiger partial charge in [0.1, 0.15) is 13.2 Å². The summed E-state index contributed by atoms with van der Waals surface area (Å²) in [7, 11) is 1.52. The SMILES string of the molecule is CC[C@@]1(OC(=O)COCCOC)C(=O)OCc2c1cc1n(c2=O)Cc2cc3ccccc3nc2-1. The van der Waals surface area contributed by atoms with Crippen molar-refractivity contribution in [3.63, 3.8) is 0 Å². The van der Waals surface area contributed by atoms with Crippen molar-refractivity contribution in [2.24, 2.45) is 0 Å². The number of rotatable bonds is 7. The van der Waals surface area contributed by atoms with Gasteiger partial charge >= 0.3 is 11.9 Å². The molecule has 0 fully saturated rings. The van der Waals surface area contributed by atoms with Crippen LogP contribution in [0, 0.1) is 0 Å². The molecule has 0 aliphatic carbocycles. The maximum Gasteiger partial charge on any atom is 0.355 e. The Morgan fingerprint density at radius 3 is 2.82 bits per heavy atom. The number of pyridine rings is 2. The number of ether oxygens (including phenoxy) is 4. The number of hydrogen-bond acceptors (Lipinski definition) is 8. The van der Waals surface area contributed by atoms with Crippen molar-refractivity contribution in [3.05, 3.63) is 63.4 Å². The van der Waals surface area contributed by atoms with Gasteiger partial charge < -0.3 is 23.5 Å². The van der Waals surface area contributed by atoms with Crippen molar-refractivity contribution in [1.82, 2.24) is 9.55 Å². The number of benzene rings is 1. The third-order valence-electron chi connectivity index (χ3n) is 6.32. The van der Waals surface area contributed by atoms with E-state index in [9.17, 15) is 14.4 Å². The lowest BCUT2D eigenvalue weighted by molar-refractivity contribution is -0.192. The summed E-state index contributed by atoms with van der Waals surface area (Å²) < 4.78 is 22.8. The molecule has 0 saturated carbocycles. The molecule has 1 aromatic carbocycles. The van der Waals surface area contributed by atoms with Crippen LogP contribution in [0.5, 0.6) is 0 Å². The van der Waals surface area contributed by atoms with Crippen LogP contribution in [-0.2, 0) is 47.3 Å². The first kappa shape index (κ1) is 22.2. The Morgan fingerprint density at radius 1 is 1.21 bits per heavy atom. The number of nitrogens with zero attached hydrogens (tertiary/aromatic N) is 2. The second-order valence-corrected chi connectivity index (χ2v) is 8.28. The maximum absolute atomic E-state index is 13.5. The Balaban J connectivity index is 1.59. The fourth-order valence-corrected chi connectivity index (χ4v) is 4.60. The molecule has 34 heavy (non-hydrogen) atoms. The molecule has 9 nitrogen and oxygen atoms in total. The Kier molecular flexibility index (Phi) is 5.66. The Labute approximate surface area is 195 Å². The van der Waals surface area contributed by atoms with E-state index in [-0.39, 0.29) is 31.8 Å². The molecule has 2 aliphatic rings. The van der Waals surface area contributed by atoms with Crippen molar-refractivity contribution in [3.8, 4) is 11.4 Å². The number of hydrogen-bond donors (Lipinski definition) is 0. The zero-order valence-electron chi connectivity index (χ0n) is 19.0. The summed E-state index contributed by atoms with van der Waals surface area (Å²) in [6.07, 6.45) is 0.101. The van der Waals surface area contributed by atoms with Gasteiger partial charge in [-0.3, -0.25) is 4.79 Å². The summed E-state index contributed by atoms with van der Waals surface area (Å²) in [5, 5.41) is 0.982. The molecule has 0 unspecified atom stereocenters. The highest BCUT2D eigenvalue weighted by Gasteiger charge is 2.50. The van der Waals surface area contributed by atoms with Crippen LogP contribution in [-0.4, -0.2) is 48.4 Å². The van der Waals surface area contributed by atoms with Gasteiger partial charge in [-0.2, -0.15) is 0 Å². The maximum atomic E-state index is 13.5. The summed E-state index contributed by atoms with van der Waals surface area (Å²) >= 11 is 0. The topological polar surface area (TPSA) is 106 Å². The van der Waals surface area contributed by atoms with Crippen LogP contribution in [0.4, 0.5) is 0 Å². The lowest BCUT2D eigenvalue weighted by Crippen LogP contribution is -2.48. The zero-order valence-corrected chi connectivity index (χ0v) is 19.0. The van der Waals surface area contributed by atoms with E-state index in [0.29, 0.717) is 35.7 Å². The highest BCUT2D eigenvalue weighted by molar-refractivity contribution is 5.88. The summed E-state index contributed by atoms with van der Waals surface area (Å²) in [6, 6.07) is 11.5. The second-order valence-electron chi connectivity index (χ2n) is 8.28. The normalized spacial score (nSPS) is 18.2. The van der Waals surface area contributed by atoms with Gasteiger partial charge in [0, 0.05) is 23.6 Å². The van der Waals surface area contributed by atoms with Crippen molar-refractivity contribution < 1.29 is 28.5 Å². The molecular weight excluding hydrogens is 440 g/mol. The van der Waals surface area contributed by atoms with E-state index < -0.39 is 17.5 Å². The standard InChI is InChI=1S/C25H24N2O7/c1-3-25(34-21(28)14-32-9-8-31-2)18-11-20-22-16(10-15-6-4-5-7-19(15)26-22)12-27(20)23(29)17(18)13-33-24(25)30/h4-7,10-11H,3,8-9,12-14H2,1-2H3/t25-/m0/s1. The third-order valence-corrected chi connectivity index (χ3v) is 6.32. The minimum absolute atomic E-state index is 0.101. The van der Waals surface area contributed by atoms with Gasteiger partial charge in [0.15, 0.2) is 0 Å². The van der Waals surface area contributed by atoms with Crippen molar-refractivity contribution >= 4 is 22.8 Å². The lowest BCUT2D eigenvalue weighted by Gasteiger charge is -2.35. The molecule has 4 heterocycles. The largest absolute Gasteiger partial charge is 0.457 e. The smallest absolute Gasteiger partial charge is 0.355 e. The molecule has 0 N–H and O–H groups in total. The summed E-state index contributed by atoms with van der Waals surface area (Å²) in [5.41, 5.74) is 1.61. The number of cyclic esters (lactones) is 1. The second kappa shape index (κ2) is 8.66. The van der Waals surface area contributed by atoms with Crippen LogP contribution in [0.15, 0.2) is 41.2 Å². The quantitative estimate of drug-likeness (QED) is 0.303. The molecule has 2 aromatic heterocycles. The molecule has 176 valence electrons. The third kappa shape index (κ3) is 3.48. The van der Waals surface area contributed by atoms with Crippen LogP contribution < -0.4 is 5.56 Å². The number of carbonyl (C=O) groups excluding carboxylic acids is 2. The Hall–Kier alpha value is -3.56. The zero-order chi connectivity index (χ0) is 23.9. The molecule has 0 bridgehead atoms. The molecule has 0 radical (unpaired) electrons. The number of esters is 2. The monoisotopic (exact) mass is 464 g/mol. The highest BCUT2D eigenvalue weighted by Crippen LogP contribution is 2.40. The number of fused-ring (bicyclic) bond motifs is 5. The van der Waals surface area contributed by atoms with Gasteiger partial charge in [-0.15, -0.1) is 0 Å². The average Bonchev–Trinajstić information content (AvgIpc) is 3.20. The van der Waals surface area contributed by atoms with Crippen LogP contribution in [0.3, 0.4) is 0 Å². The first-order chi connectivity index (χ1) is 16.5. The number of para-hydroxylation sites is 1. The first-order valence-corrected chi connectivity index (χ1v) is 11.1. The van der Waals surface area contributed by atoms with Crippen LogP contribution in [0.2, 0.25) is 0 Å². The molecule has 5 rings (SSSR count). The van der Waals surface area contributed by atoms with E-state index in [1.807, 2.05) is 30.3 Å². The van der Waals surface area contributed by atoms with Gasteiger partial charge in [-0.1, -0.05) is 25.1 Å². The van der Waals surface area contributed by atoms with Crippen LogP contribution >= 0.6 is 0 Å². The predicted octanol–water partition coefficient (Wildman–Crippen LogP) is 2.29. The minimum Gasteiger partial charge on any atom is -0.457 e. The van der Waals surface area contributed by atoms with Gasteiger partial charge in [0.25, 0.3) is 5.56 Å². The predicted molar refractivity (Wildman–Crippen MR) is 121 cm³/mol. The van der Waals surface area contributed by atoms with Gasteiger partial charge in [0.05, 0.1) is 42.2 Å². The summed E-state index contributed by atoms with van der Waals surface area (Å²) in [5.74, 6) is -1.44. The summed E-state index contributed by atoms with van der Waals surface area (Å²) in [6.45, 7) is 2.07. The van der Waals surface area contributed by atoms with Crippen molar-refractivity contribution in [1.29, 1.82) is 0 Å². The minimum atomic E-state index is -1.73. The Morgan fingerprint density at radius 2 is 2.03 bits per heavy atom. The molecule has 0 amide bonds. The van der Waals surface area contributed by atoms with Gasteiger partial charge in [-0.05, 0) is 24.6 Å². The van der Waals surface area contributed by atoms with Gasteiger partial charge in [0.2, 0.25) is 5.60 Å². The van der Waals surface area contributed by atoms with E-state index in [0.717, 1.165) is 16.5 Å². The number of aromatic nitrogens is 2. The van der Waals surface area contributed by atoms with Crippen LogP contribution in [0.25, 0.3) is 22.3 Å². The van der Waals surface area contributed by atoms with E-state index in [2.05, 4.69) is 0 Å². The van der Waals surface area contributed by atoms with E-state index in [4.69, 9.17) is 23.9 Å². The first-order valence-electron chi connectivity index (χ1n) is 11.1. The van der Waals surface area contributed by atoms with Crippen molar-refractivity contribution in [2.75, 3.05) is 26.9 Å². The molecule has 2 aliphatic heterocycles. The fourth-order valence-electron chi connectivity index (χ4n) is 4.60. The molecule has 0 saturated heterocycles. The van der Waals surface area contributed by atoms with E-state index in [1.54, 1.807) is 17.6 Å². The van der Waals surface area contributed by atoms with Crippen LogP contribution in [0.1, 0.15) is 30.0 Å². The molecule has 3 aromatic rings. The molecule has 0 spiro atoms. The number of methoxy groups -OCH3 is 1. The van der Waals surface area contributed by atoms with Gasteiger partial charge in [-0.25, -0.2) is 14.6 Å².